The van der Waals surface area contributed by atoms with E-state index in [9.17, 15) is 14.4 Å². The predicted octanol–water partition coefficient (Wildman–Crippen LogP) is 8.12. The van der Waals surface area contributed by atoms with E-state index in [1.807, 2.05) is 60.7 Å². The van der Waals surface area contributed by atoms with E-state index < -0.39 is 32.6 Å². The first-order valence-corrected chi connectivity index (χ1v) is 21.5. The van der Waals surface area contributed by atoms with Crippen LogP contribution in [0, 0.1) is 0 Å². The second-order valence-electron chi connectivity index (χ2n) is 15.4. The summed E-state index contributed by atoms with van der Waals surface area (Å²) in [7, 11) is 0.523. The van der Waals surface area contributed by atoms with Crippen LogP contribution in [-0.2, 0) is 41.4 Å². The number of carbonyl (C=O) groups excluding carboxylic acids is 3. The molecule has 0 aromatic heterocycles. The molecule has 2 aliphatic heterocycles. The molecule has 298 valence electrons. The molecule has 2 heterocycles. The molecule has 0 saturated carbocycles. The van der Waals surface area contributed by atoms with Crippen molar-refractivity contribution in [1.29, 1.82) is 0 Å². The quantitative estimate of drug-likeness (QED) is 0.0809. The molecule has 3 aromatic carbocycles. The minimum Gasteiger partial charge on any atom is -0.482 e. The zero-order valence-corrected chi connectivity index (χ0v) is 34.6. The van der Waals surface area contributed by atoms with Crippen molar-refractivity contribution >= 4 is 32.0 Å². The van der Waals surface area contributed by atoms with Crippen molar-refractivity contribution in [2.45, 2.75) is 95.9 Å². The fraction of sp³-hybridized carbons (Fsp3) is 0.512. The molecule has 1 saturated heterocycles. The van der Waals surface area contributed by atoms with Crippen LogP contribution in [0.15, 0.2) is 72.8 Å². The van der Waals surface area contributed by atoms with E-state index in [4.69, 9.17) is 28.1 Å². The number of amides is 2. The van der Waals surface area contributed by atoms with Gasteiger partial charge in [0.05, 0.1) is 43.7 Å². The number of likely N-dealkylation sites (tertiary alicyclic amines) is 1. The molecule has 3 aromatic rings. The van der Waals surface area contributed by atoms with Crippen LogP contribution in [-0.4, -0.2) is 90.5 Å². The third kappa shape index (κ3) is 9.78. The topological polar surface area (TPSA) is 113 Å². The fourth-order valence-corrected chi connectivity index (χ4v) is 14.0. The average molecular weight is 775 g/mol. The number of ether oxygens (including phenoxy) is 5. The summed E-state index contributed by atoms with van der Waals surface area (Å²) in [5.74, 6) is -0.177. The van der Waals surface area contributed by atoms with Gasteiger partial charge in [-0.2, -0.15) is 0 Å². The minimum atomic E-state index is -2.49. The van der Waals surface area contributed by atoms with Crippen molar-refractivity contribution in [2.75, 3.05) is 52.0 Å². The van der Waals surface area contributed by atoms with Gasteiger partial charge in [0.15, 0.2) is 6.61 Å². The Hall–Kier alpha value is -4.23. The number of esters is 1. The molecule has 3 atom stereocenters. The SMILES string of the molecule is COCCCN1C(=O)COc2ccc(CO[C@H]3CN(C(=O)OCc4ccccc4)C[C@@H](O[Si](C(C)C)(C(C)C)C(C)C)[C@@H]3c3ccc(C(=O)OC)cc3)cc21. The van der Waals surface area contributed by atoms with Gasteiger partial charge in [0.1, 0.15) is 12.4 Å². The second-order valence-corrected chi connectivity index (χ2v) is 20.8. The number of fused-ring (bicyclic) bond motifs is 1. The first-order valence-electron chi connectivity index (χ1n) is 19.4. The first-order chi connectivity index (χ1) is 26.4. The highest BCUT2D eigenvalue weighted by atomic mass is 28.4. The van der Waals surface area contributed by atoms with Gasteiger partial charge in [0.25, 0.3) is 5.91 Å². The third-order valence-corrected chi connectivity index (χ3v) is 17.1. The molecule has 0 spiro atoms. The summed E-state index contributed by atoms with van der Waals surface area (Å²) in [6.07, 6.45) is -0.701. The van der Waals surface area contributed by atoms with Crippen molar-refractivity contribution in [2.24, 2.45) is 0 Å². The highest BCUT2D eigenvalue weighted by Crippen LogP contribution is 2.46. The Balaban J connectivity index is 1.52. The highest BCUT2D eigenvalue weighted by Gasteiger charge is 2.51. The third-order valence-electron chi connectivity index (χ3n) is 11.0. The summed E-state index contributed by atoms with van der Waals surface area (Å²) in [4.78, 5) is 42.8. The van der Waals surface area contributed by atoms with Gasteiger partial charge in [-0.3, -0.25) is 4.79 Å². The van der Waals surface area contributed by atoms with Crippen LogP contribution in [0.4, 0.5) is 10.5 Å². The Kier molecular flexibility index (Phi) is 14.5. The minimum absolute atomic E-state index is 0.0140. The van der Waals surface area contributed by atoms with Gasteiger partial charge in [0.2, 0.25) is 8.32 Å². The van der Waals surface area contributed by atoms with Crippen LogP contribution in [0.3, 0.4) is 0 Å². The molecule has 12 heteroatoms. The summed E-state index contributed by atoms with van der Waals surface area (Å²) in [5, 5.41) is 0. The molecule has 0 bridgehead atoms. The van der Waals surface area contributed by atoms with Crippen molar-refractivity contribution < 1.29 is 42.5 Å². The summed E-state index contributed by atoms with van der Waals surface area (Å²) in [6.45, 7) is 15.4. The van der Waals surface area contributed by atoms with Gasteiger partial charge in [0, 0.05) is 32.7 Å². The summed E-state index contributed by atoms with van der Waals surface area (Å²) in [5.41, 5.74) is 4.71. The second kappa shape index (κ2) is 19.1. The summed E-state index contributed by atoms with van der Waals surface area (Å²) >= 11 is 0. The molecule has 1 fully saturated rings. The predicted molar refractivity (Wildman–Crippen MR) is 214 cm³/mol. The number of carbonyl (C=O) groups is 3. The monoisotopic (exact) mass is 774 g/mol. The van der Waals surface area contributed by atoms with Gasteiger partial charge < -0.3 is 37.9 Å². The number of hydrogen-bond acceptors (Lipinski definition) is 9. The van der Waals surface area contributed by atoms with E-state index in [1.165, 1.54) is 7.11 Å². The van der Waals surface area contributed by atoms with Crippen molar-refractivity contribution in [1.82, 2.24) is 4.90 Å². The summed E-state index contributed by atoms with van der Waals surface area (Å²) in [6, 6.07) is 22.8. The number of rotatable bonds is 16. The van der Waals surface area contributed by atoms with Gasteiger partial charge in [-0.15, -0.1) is 0 Å². The van der Waals surface area contributed by atoms with Gasteiger partial charge >= 0.3 is 12.1 Å². The molecule has 2 aliphatic rings. The normalized spacial score (nSPS) is 18.7. The largest absolute Gasteiger partial charge is 0.482 e. The van der Waals surface area contributed by atoms with Crippen LogP contribution in [0.2, 0.25) is 16.6 Å². The van der Waals surface area contributed by atoms with E-state index in [0.717, 1.165) is 16.7 Å². The number of benzene rings is 3. The molecule has 0 radical (unpaired) electrons. The first kappa shape index (κ1) is 41.9. The van der Waals surface area contributed by atoms with E-state index in [2.05, 4.69) is 41.5 Å². The van der Waals surface area contributed by atoms with Crippen LogP contribution in [0.5, 0.6) is 5.75 Å². The fourth-order valence-electron chi connectivity index (χ4n) is 8.41. The van der Waals surface area contributed by atoms with Crippen molar-refractivity contribution in [3.05, 3.63) is 95.1 Å². The number of anilines is 1. The molecule has 0 N–H and O–H groups in total. The number of piperidine rings is 1. The van der Waals surface area contributed by atoms with Crippen molar-refractivity contribution in [3.63, 3.8) is 0 Å². The Morgan fingerprint density at radius 2 is 1.51 bits per heavy atom. The average Bonchev–Trinajstić information content (AvgIpc) is 3.18. The van der Waals surface area contributed by atoms with E-state index in [0.29, 0.717) is 59.7 Å². The molecule has 0 aliphatic carbocycles. The Labute approximate surface area is 327 Å². The van der Waals surface area contributed by atoms with Crippen LogP contribution in [0.25, 0.3) is 0 Å². The smallest absolute Gasteiger partial charge is 0.410 e. The summed E-state index contributed by atoms with van der Waals surface area (Å²) < 4.78 is 36.3. The Morgan fingerprint density at radius 1 is 0.836 bits per heavy atom. The van der Waals surface area contributed by atoms with Gasteiger partial charge in [-0.05, 0) is 64.0 Å². The molecule has 2 amide bonds. The number of nitrogens with zero attached hydrogens (tertiary/aromatic N) is 2. The zero-order valence-electron chi connectivity index (χ0n) is 33.6. The molecule has 5 rings (SSSR count). The molecule has 0 unspecified atom stereocenters. The van der Waals surface area contributed by atoms with Gasteiger partial charge in [-0.25, -0.2) is 9.59 Å². The molecule has 55 heavy (non-hydrogen) atoms. The lowest BCUT2D eigenvalue weighted by Gasteiger charge is -2.50. The van der Waals surface area contributed by atoms with E-state index in [1.54, 1.807) is 29.0 Å². The van der Waals surface area contributed by atoms with E-state index in [-0.39, 0.29) is 38.2 Å². The maximum atomic E-state index is 13.9. The van der Waals surface area contributed by atoms with Crippen LogP contribution < -0.4 is 9.64 Å². The highest BCUT2D eigenvalue weighted by molar-refractivity contribution is 6.77. The number of hydrogen-bond donors (Lipinski definition) is 0. The lowest BCUT2D eigenvalue weighted by atomic mass is 9.84. The Morgan fingerprint density at radius 3 is 2.15 bits per heavy atom. The maximum absolute atomic E-state index is 13.9. The maximum Gasteiger partial charge on any atom is 0.410 e. The van der Waals surface area contributed by atoms with Crippen molar-refractivity contribution in [3.8, 4) is 5.75 Å². The Bertz CT molecular complexity index is 1710. The van der Waals surface area contributed by atoms with Crippen LogP contribution in [0.1, 0.15) is 80.9 Å². The lowest BCUT2D eigenvalue weighted by Crippen LogP contribution is -2.59. The standard InChI is InChI=1S/C43H58N2O9Si/c1-29(2)55(30(3)4,31(5)6)54-39-25-44(43(48)53-26-32-13-10-9-11-14-32)24-38(41(39)34-16-18-35(19-17-34)42(47)50-8)51-27-33-15-20-37-36(23-33)45(21-12-22-49-7)40(46)28-52-37/h9-11,13-20,23,29-31,38-39,41H,12,21-22,24-28H2,1-8H3/t38-,39+,41+/m0/s1. The van der Waals surface area contributed by atoms with Gasteiger partial charge in [-0.1, -0.05) is 90.1 Å². The zero-order chi connectivity index (χ0) is 39.7. The van der Waals surface area contributed by atoms with Crippen LogP contribution >= 0.6 is 0 Å². The molecular formula is C43H58N2O9Si. The molecule has 11 nitrogen and oxygen atoms in total. The lowest BCUT2D eigenvalue weighted by molar-refractivity contribution is -0.121. The van der Waals surface area contributed by atoms with E-state index >= 15 is 0 Å². The molecular weight excluding hydrogens is 717 g/mol. The number of methoxy groups -OCH3 is 2.